The van der Waals surface area contributed by atoms with E-state index < -0.39 is 15.9 Å². The predicted octanol–water partition coefficient (Wildman–Crippen LogP) is 2.53. The normalized spacial score (nSPS) is 17.9. The number of hydrogen-bond acceptors (Lipinski definition) is 7. The largest absolute Gasteiger partial charge is 0.326 e. The number of nitrogens with zero attached hydrogens (tertiary/aromatic N) is 5. The number of anilines is 1. The van der Waals surface area contributed by atoms with Gasteiger partial charge >= 0.3 is 0 Å². The molecule has 0 radical (unpaired) electrons. The average molecular weight is 497 g/mol. The van der Waals surface area contributed by atoms with E-state index in [0.29, 0.717) is 25.1 Å². The maximum absolute atomic E-state index is 12.8. The van der Waals surface area contributed by atoms with Gasteiger partial charge in [-0.2, -0.15) is 4.31 Å². The molecule has 1 aliphatic heterocycles. The van der Waals surface area contributed by atoms with E-state index in [4.69, 9.17) is 0 Å². The summed E-state index contributed by atoms with van der Waals surface area (Å²) < 4.78 is 29.6. The van der Waals surface area contributed by atoms with Gasteiger partial charge in [-0.1, -0.05) is 0 Å². The van der Waals surface area contributed by atoms with Crippen LogP contribution in [0.3, 0.4) is 0 Å². The zero-order chi connectivity index (χ0) is 20.4. The minimum absolute atomic E-state index is 0.173. The molecule has 9 nitrogen and oxygen atoms in total. The second kappa shape index (κ2) is 8.30. The van der Waals surface area contributed by atoms with E-state index in [1.54, 1.807) is 36.4 Å². The topological polar surface area (TPSA) is 110 Å². The molecule has 3 heterocycles. The minimum atomic E-state index is -3.59. The zero-order valence-electron chi connectivity index (χ0n) is 15.1. The Morgan fingerprint density at radius 3 is 2.66 bits per heavy atom. The Bertz CT molecular complexity index is 1100. The summed E-state index contributed by atoms with van der Waals surface area (Å²) >= 11 is 4.47. The molecule has 1 N–H and O–H groups in total. The highest BCUT2D eigenvalue weighted by Crippen LogP contribution is 2.31. The molecule has 1 atom stereocenters. The maximum Gasteiger partial charge on any atom is 0.252 e. The molecular weight excluding hydrogens is 480 g/mol. The molecule has 0 saturated carbocycles. The molecule has 2 aromatic heterocycles. The van der Waals surface area contributed by atoms with Crippen molar-refractivity contribution in [1.29, 1.82) is 0 Å². The third-order valence-electron chi connectivity index (χ3n) is 4.65. The molecule has 1 amide bonds. The Hall–Kier alpha value is -2.15. The van der Waals surface area contributed by atoms with Crippen LogP contribution in [0.15, 0.2) is 50.7 Å². The maximum atomic E-state index is 12.8. The summed E-state index contributed by atoms with van der Waals surface area (Å²) in [5.74, 6) is -0.589. The first-order valence-electron chi connectivity index (χ1n) is 8.83. The second-order valence-electron chi connectivity index (χ2n) is 6.55. The number of sulfonamides is 1. The number of aromatic nitrogens is 4. The number of halogens is 1. The number of tetrazole rings is 1. The molecule has 1 aliphatic rings. The SMILES string of the molecule is O=C(Nc1ccc(-n2cnnn2)cc1)C1CCCN(S(=O)(=O)c2ccc(Br)s2)C1. The quantitative estimate of drug-likeness (QED) is 0.580. The van der Waals surface area contributed by atoms with Crippen LogP contribution in [0.4, 0.5) is 5.69 Å². The van der Waals surface area contributed by atoms with Gasteiger partial charge in [-0.25, -0.2) is 13.1 Å². The Kier molecular flexibility index (Phi) is 5.76. The van der Waals surface area contributed by atoms with E-state index in [1.165, 1.54) is 26.7 Å². The van der Waals surface area contributed by atoms with E-state index in [0.717, 1.165) is 9.47 Å². The van der Waals surface area contributed by atoms with Gasteiger partial charge in [0, 0.05) is 18.8 Å². The summed E-state index contributed by atoms with van der Waals surface area (Å²) in [6.07, 6.45) is 2.77. The third kappa shape index (κ3) is 4.39. The fourth-order valence-electron chi connectivity index (χ4n) is 3.16. The van der Waals surface area contributed by atoms with Crippen LogP contribution in [0.5, 0.6) is 0 Å². The molecule has 0 aliphatic carbocycles. The molecule has 152 valence electrons. The van der Waals surface area contributed by atoms with E-state index in [2.05, 4.69) is 36.8 Å². The van der Waals surface area contributed by atoms with Crippen molar-refractivity contribution in [1.82, 2.24) is 24.5 Å². The minimum Gasteiger partial charge on any atom is -0.326 e. The van der Waals surface area contributed by atoms with Crippen LogP contribution < -0.4 is 5.32 Å². The molecule has 29 heavy (non-hydrogen) atoms. The number of benzene rings is 1. The van der Waals surface area contributed by atoms with Gasteiger partial charge in [0.2, 0.25) is 5.91 Å². The lowest BCUT2D eigenvalue weighted by molar-refractivity contribution is -0.120. The molecule has 1 saturated heterocycles. The predicted molar refractivity (Wildman–Crippen MR) is 111 cm³/mol. The Labute approximate surface area is 179 Å². The Morgan fingerprint density at radius 2 is 2.00 bits per heavy atom. The number of rotatable bonds is 5. The highest BCUT2D eigenvalue weighted by molar-refractivity contribution is 9.11. The van der Waals surface area contributed by atoms with Crippen molar-refractivity contribution in [2.45, 2.75) is 17.1 Å². The lowest BCUT2D eigenvalue weighted by Crippen LogP contribution is -2.43. The molecule has 1 aromatic carbocycles. The summed E-state index contributed by atoms with van der Waals surface area (Å²) in [5.41, 5.74) is 1.40. The van der Waals surface area contributed by atoms with Crippen LogP contribution in [0.2, 0.25) is 0 Å². The van der Waals surface area contributed by atoms with Crippen molar-refractivity contribution in [2.75, 3.05) is 18.4 Å². The monoisotopic (exact) mass is 496 g/mol. The number of carbonyl (C=O) groups excluding carboxylic acids is 1. The number of hydrogen-bond donors (Lipinski definition) is 1. The number of thiophene rings is 1. The molecule has 1 unspecified atom stereocenters. The van der Waals surface area contributed by atoms with Crippen LogP contribution in [0, 0.1) is 5.92 Å². The summed E-state index contributed by atoms with van der Waals surface area (Å²) in [6.45, 7) is 0.592. The van der Waals surface area contributed by atoms with E-state index in [1.807, 2.05) is 0 Å². The molecule has 0 bridgehead atoms. The number of nitrogens with one attached hydrogen (secondary N) is 1. The smallest absolute Gasteiger partial charge is 0.252 e. The van der Waals surface area contributed by atoms with Crippen molar-refractivity contribution >= 4 is 48.9 Å². The molecule has 4 rings (SSSR count). The summed E-state index contributed by atoms with van der Waals surface area (Å²) in [4.78, 5) is 12.7. The van der Waals surface area contributed by atoms with E-state index in [9.17, 15) is 13.2 Å². The van der Waals surface area contributed by atoms with Crippen LogP contribution in [0.1, 0.15) is 12.8 Å². The van der Waals surface area contributed by atoms with Gasteiger partial charge in [-0.05, 0) is 75.6 Å². The van der Waals surface area contributed by atoms with Crippen LogP contribution in [0.25, 0.3) is 5.69 Å². The Morgan fingerprint density at radius 1 is 1.21 bits per heavy atom. The number of amides is 1. The molecule has 0 spiro atoms. The highest BCUT2D eigenvalue weighted by Gasteiger charge is 2.34. The first kappa shape index (κ1) is 20.1. The van der Waals surface area contributed by atoms with Gasteiger partial charge in [-0.3, -0.25) is 4.79 Å². The lowest BCUT2D eigenvalue weighted by Gasteiger charge is -2.30. The van der Waals surface area contributed by atoms with Gasteiger partial charge in [-0.15, -0.1) is 16.4 Å². The standard InChI is InChI=1S/C17H17BrN6O3S2/c18-15-7-8-16(28-15)29(26,27)23-9-1-2-12(10-23)17(25)20-13-3-5-14(6-4-13)24-11-19-21-22-24/h3-8,11-12H,1-2,9-10H2,(H,20,25). The van der Waals surface area contributed by atoms with Gasteiger partial charge in [0.05, 0.1) is 15.4 Å². The highest BCUT2D eigenvalue weighted by atomic mass is 79.9. The number of carbonyl (C=O) groups is 1. The fraction of sp³-hybridized carbons (Fsp3) is 0.294. The Balaban J connectivity index is 1.42. The van der Waals surface area contributed by atoms with Crippen LogP contribution >= 0.6 is 27.3 Å². The fourth-order valence-corrected chi connectivity index (χ4v) is 6.85. The first-order chi connectivity index (χ1) is 13.9. The van der Waals surface area contributed by atoms with Crippen LogP contribution in [-0.2, 0) is 14.8 Å². The lowest BCUT2D eigenvalue weighted by atomic mass is 9.98. The number of piperidine rings is 1. The van der Waals surface area contributed by atoms with Crippen molar-refractivity contribution in [3.05, 3.63) is 46.5 Å². The van der Waals surface area contributed by atoms with E-state index in [-0.39, 0.29) is 16.7 Å². The molecule has 12 heteroatoms. The van der Waals surface area contributed by atoms with E-state index >= 15 is 0 Å². The first-order valence-corrected chi connectivity index (χ1v) is 11.9. The van der Waals surface area contributed by atoms with Crippen molar-refractivity contribution in [3.63, 3.8) is 0 Å². The van der Waals surface area contributed by atoms with Crippen molar-refractivity contribution < 1.29 is 13.2 Å². The van der Waals surface area contributed by atoms with Crippen molar-refractivity contribution in [3.8, 4) is 5.69 Å². The van der Waals surface area contributed by atoms with Gasteiger partial charge in [0.1, 0.15) is 10.5 Å². The van der Waals surface area contributed by atoms with Crippen LogP contribution in [-0.4, -0.2) is 51.9 Å². The molecule has 3 aromatic rings. The summed E-state index contributed by atoms with van der Waals surface area (Å²) in [6, 6.07) is 10.4. The second-order valence-corrected chi connectivity index (χ2v) is 11.2. The average Bonchev–Trinajstić information content (AvgIpc) is 3.41. The zero-order valence-corrected chi connectivity index (χ0v) is 18.3. The van der Waals surface area contributed by atoms with Gasteiger partial charge in [0.15, 0.2) is 0 Å². The van der Waals surface area contributed by atoms with Gasteiger partial charge in [0.25, 0.3) is 10.0 Å². The van der Waals surface area contributed by atoms with Crippen molar-refractivity contribution in [2.24, 2.45) is 5.92 Å². The summed E-state index contributed by atoms with van der Waals surface area (Å²) in [7, 11) is -3.59. The molecule has 1 fully saturated rings. The third-order valence-corrected chi connectivity index (χ3v) is 8.60. The summed E-state index contributed by atoms with van der Waals surface area (Å²) in [5, 5.41) is 13.9. The molecular formula is C17H17BrN6O3S2. The van der Waals surface area contributed by atoms with Gasteiger partial charge < -0.3 is 5.32 Å².